The Kier molecular flexibility index (Phi) is 8.53. The molecule has 10 nitrogen and oxygen atoms in total. The topological polar surface area (TPSA) is 122 Å². The highest BCUT2D eigenvalue weighted by Crippen LogP contribution is 2.38. The number of carbonyl (C=O) groups excluding carboxylic acids is 2. The van der Waals surface area contributed by atoms with E-state index in [0.717, 1.165) is 17.6 Å². The van der Waals surface area contributed by atoms with Crippen molar-refractivity contribution in [3.63, 3.8) is 0 Å². The average molecular weight is 535 g/mol. The molecule has 0 aliphatic rings. The van der Waals surface area contributed by atoms with Crippen molar-refractivity contribution < 1.29 is 37.0 Å². The standard InChI is InChI=1S/C24H26N2O8S2/c1-6-34-22(28)14-26-17-9-8-16(36(5,29)30)13-20(17)35-24(26)25-21(27)10-7-15-11-18(31-2)23(33-4)19(12-15)32-3/h7-13H,6,14H2,1-5H3. The quantitative estimate of drug-likeness (QED) is 0.303. The number of sulfone groups is 1. The van der Waals surface area contributed by atoms with E-state index < -0.39 is 21.7 Å². The van der Waals surface area contributed by atoms with Gasteiger partial charge in [-0.2, -0.15) is 4.99 Å². The zero-order valence-corrected chi connectivity index (χ0v) is 22.1. The fraction of sp³-hybridized carbons (Fsp3) is 0.292. The number of fused-ring (bicyclic) bond motifs is 1. The predicted octanol–water partition coefficient (Wildman–Crippen LogP) is 2.84. The molecule has 0 fully saturated rings. The maximum atomic E-state index is 12.7. The van der Waals surface area contributed by atoms with Crippen LogP contribution in [0.25, 0.3) is 16.3 Å². The summed E-state index contributed by atoms with van der Waals surface area (Å²) in [4.78, 5) is 29.4. The highest BCUT2D eigenvalue weighted by atomic mass is 32.2. The van der Waals surface area contributed by atoms with E-state index in [1.807, 2.05) is 0 Å². The SMILES string of the molecule is CCOC(=O)Cn1c(=NC(=O)C=Cc2cc(OC)c(OC)c(OC)c2)sc2cc(S(C)(=O)=O)ccc21. The Hall–Kier alpha value is -3.64. The molecule has 0 saturated carbocycles. The van der Waals surface area contributed by atoms with Crippen LogP contribution < -0.4 is 19.0 Å². The first-order valence-corrected chi connectivity index (χ1v) is 13.4. The Morgan fingerprint density at radius 3 is 2.28 bits per heavy atom. The highest BCUT2D eigenvalue weighted by Gasteiger charge is 2.15. The van der Waals surface area contributed by atoms with E-state index in [1.54, 1.807) is 31.2 Å². The van der Waals surface area contributed by atoms with Crippen LogP contribution in [-0.4, -0.2) is 59.1 Å². The van der Waals surface area contributed by atoms with Gasteiger partial charge in [0.2, 0.25) is 5.75 Å². The summed E-state index contributed by atoms with van der Waals surface area (Å²) in [6, 6.07) is 7.88. The molecule has 0 aliphatic carbocycles. The van der Waals surface area contributed by atoms with Crippen molar-refractivity contribution in [3.8, 4) is 17.2 Å². The molecule has 2 aromatic carbocycles. The molecule has 192 valence electrons. The van der Waals surface area contributed by atoms with Gasteiger partial charge in [-0.25, -0.2) is 8.42 Å². The third-order valence-corrected chi connectivity index (χ3v) is 7.14. The minimum Gasteiger partial charge on any atom is -0.493 e. The van der Waals surface area contributed by atoms with Crippen LogP contribution in [-0.2, 0) is 30.7 Å². The summed E-state index contributed by atoms with van der Waals surface area (Å²) < 4.78 is 47.0. The van der Waals surface area contributed by atoms with Crippen LogP contribution in [0.5, 0.6) is 17.2 Å². The van der Waals surface area contributed by atoms with E-state index in [0.29, 0.717) is 33.0 Å². The second kappa shape index (κ2) is 11.4. The summed E-state index contributed by atoms with van der Waals surface area (Å²) in [6.07, 6.45) is 3.92. The van der Waals surface area contributed by atoms with Crippen molar-refractivity contribution in [1.82, 2.24) is 4.57 Å². The molecule has 3 aromatic rings. The van der Waals surface area contributed by atoms with E-state index >= 15 is 0 Å². The summed E-state index contributed by atoms with van der Waals surface area (Å²) in [5.74, 6) is 0.188. The number of methoxy groups -OCH3 is 3. The molecule has 1 amide bonds. The number of carbonyl (C=O) groups is 2. The molecule has 1 heterocycles. The number of ether oxygens (including phenoxy) is 4. The van der Waals surface area contributed by atoms with E-state index in [1.165, 1.54) is 44.1 Å². The lowest BCUT2D eigenvalue weighted by molar-refractivity contribution is -0.143. The van der Waals surface area contributed by atoms with Gasteiger partial charge in [-0.15, -0.1) is 0 Å². The van der Waals surface area contributed by atoms with Gasteiger partial charge in [0.05, 0.1) is 43.0 Å². The minimum atomic E-state index is -3.44. The second-order valence-electron chi connectivity index (χ2n) is 7.42. The molecule has 0 atom stereocenters. The molecule has 36 heavy (non-hydrogen) atoms. The summed E-state index contributed by atoms with van der Waals surface area (Å²) in [5.41, 5.74) is 1.17. The minimum absolute atomic E-state index is 0.125. The lowest BCUT2D eigenvalue weighted by Gasteiger charge is -2.12. The Bertz CT molecular complexity index is 1480. The van der Waals surface area contributed by atoms with Gasteiger partial charge in [0.25, 0.3) is 5.91 Å². The van der Waals surface area contributed by atoms with Gasteiger partial charge in [-0.3, -0.25) is 9.59 Å². The van der Waals surface area contributed by atoms with E-state index in [2.05, 4.69) is 4.99 Å². The second-order valence-corrected chi connectivity index (χ2v) is 10.4. The number of benzene rings is 2. The molecule has 12 heteroatoms. The molecular formula is C24H26N2O8S2. The smallest absolute Gasteiger partial charge is 0.326 e. The number of aromatic nitrogens is 1. The van der Waals surface area contributed by atoms with Crippen LogP contribution >= 0.6 is 11.3 Å². The van der Waals surface area contributed by atoms with Crippen LogP contribution in [0, 0.1) is 0 Å². The molecule has 0 bridgehead atoms. The third-order valence-electron chi connectivity index (χ3n) is 4.99. The van der Waals surface area contributed by atoms with Gasteiger partial charge in [0.1, 0.15) is 6.54 Å². The summed E-state index contributed by atoms with van der Waals surface area (Å²) in [6.45, 7) is 1.70. The Balaban J connectivity index is 2.04. The van der Waals surface area contributed by atoms with Crippen LogP contribution in [0.2, 0.25) is 0 Å². The largest absolute Gasteiger partial charge is 0.493 e. The zero-order chi connectivity index (χ0) is 26.5. The zero-order valence-electron chi connectivity index (χ0n) is 20.4. The molecule has 0 aliphatic heterocycles. The number of thiazole rings is 1. The molecule has 0 unspecified atom stereocenters. The maximum Gasteiger partial charge on any atom is 0.326 e. The van der Waals surface area contributed by atoms with E-state index in [4.69, 9.17) is 18.9 Å². The lowest BCUT2D eigenvalue weighted by atomic mass is 10.1. The Morgan fingerprint density at radius 2 is 1.72 bits per heavy atom. The molecule has 0 N–H and O–H groups in total. The first-order valence-electron chi connectivity index (χ1n) is 10.7. The Morgan fingerprint density at radius 1 is 1.06 bits per heavy atom. The third kappa shape index (κ3) is 6.13. The number of hydrogen-bond donors (Lipinski definition) is 0. The van der Waals surface area contributed by atoms with Gasteiger partial charge in [-0.05, 0) is 48.9 Å². The van der Waals surface area contributed by atoms with Gasteiger partial charge in [0, 0.05) is 12.3 Å². The monoisotopic (exact) mass is 534 g/mol. The van der Waals surface area contributed by atoms with Crippen molar-refractivity contribution in [2.24, 2.45) is 4.99 Å². The molecular weight excluding hydrogens is 508 g/mol. The van der Waals surface area contributed by atoms with Gasteiger partial charge < -0.3 is 23.5 Å². The normalized spacial score (nSPS) is 12.2. The van der Waals surface area contributed by atoms with Crippen molar-refractivity contribution >= 4 is 49.3 Å². The molecule has 0 saturated heterocycles. The van der Waals surface area contributed by atoms with Crippen molar-refractivity contribution in [2.75, 3.05) is 34.2 Å². The summed E-state index contributed by atoms with van der Waals surface area (Å²) in [5, 5.41) is 0. The number of rotatable bonds is 9. The fourth-order valence-corrected chi connectivity index (χ4v) is 5.15. The van der Waals surface area contributed by atoms with Gasteiger partial charge in [-0.1, -0.05) is 11.3 Å². The highest BCUT2D eigenvalue weighted by molar-refractivity contribution is 7.90. The number of hydrogen-bond acceptors (Lipinski definition) is 9. The number of amides is 1. The number of esters is 1. The summed E-state index contributed by atoms with van der Waals surface area (Å²) in [7, 11) is 1.03. The predicted molar refractivity (Wildman–Crippen MR) is 135 cm³/mol. The molecule has 3 rings (SSSR count). The Labute approximate surface area is 212 Å². The van der Waals surface area contributed by atoms with Crippen LogP contribution in [0.4, 0.5) is 0 Å². The fourth-order valence-electron chi connectivity index (χ4n) is 3.35. The van der Waals surface area contributed by atoms with Crippen molar-refractivity contribution in [1.29, 1.82) is 0 Å². The van der Waals surface area contributed by atoms with Crippen LogP contribution in [0.3, 0.4) is 0 Å². The van der Waals surface area contributed by atoms with E-state index in [9.17, 15) is 18.0 Å². The first kappa shape index (κ1) is 27.0. The first-order chi connectivity index (χ1) is 17.1. The maximum absolute atomic E-state index is 12.7. The molecule has 1 aromatic heterocycles. The van der Waals surface area contributed by atoms with Crippen LogP contribution in [0.1, 0.15) is 12.5 Å². The van der Waals surface area contributed by atoms with Crippen LogP contribution in [0.15, 0.2) is 46.3 Å². The van der Waals surface area contributed by atoms with E-state index in [-0.39, 0.29) is 22.8 Å². The van der Waals surface area contributed by atoms with Gasteiger partial charge in [0.15, 0.2) is 26.1 Å². The average Bonchev–Trinajstić information content (AvgIpc) is 3.17. The van der Waals surface area contributed by atoms with Gasteiger partial charge >= 0.3 is 5.97 Å². The number of nitrogens with zero attached hydrogens (tertiary/aromatic N) is 2. The summed E-state index contributed by atoms with van der Waals surface area (Å²) >= 11 is 1.09. The van der Waals surface area contributed by atoms with Crippen molar-refractivity contribution in [2.45, 2.75) is 18.4 Å². The molecule has 0 spiro atoms. The molecule has 0 radical (unpaired) electrons. The van der Waals surface area contributed by atoms with Crippen molar-refractivity contribution in [3.05, 3.63) is 46.8 Å². The lowest BCUT2D eigenvalue weighted by Crippen LogP contribution is -2.22.